The molecule has 7 heteroatoms. The Kier molecular flexibility index (Phi) is 4.58. The average Bonchev–Trinajstić information content (AvgIpc) is 3.56. The molecule has 0 aliphatic carbocycles. The van der Waals surface area contributed by atoms with Crippen LogP contribution < -0.4 is 5.32 Å². The lowest BCUT2D eigenvalue weighted by atomic mass is 9.95. The molecule has 162 valence electrons. The van der Waals surface area contributed by atoms with Gasteiger partial charge in [0.2, 0.25) is 0 Å². The summed E-state index contributed by atoms with van der Waals surface area (Å²) in [6.07, 6.45) is 6.89. The largest absolute Gasteiger partial charge is 0.347 e. The third-order valence-corrected chi connectivity index (χ3v) is 6.82. The molecule has 3 atom stereocenters. The van der Waals surface area contributed by atoms with Crippen molar-refractivity contribution >= 4 is 16.8 Å². The van der Waals surface area contributed by atoms with Gasteiger partial charge < -0.3 is 10.2 Å². The minimum Gasteiger partial charge on any atom is -0.347 e. The number of nitriles is 1. The quantitative estimate of drug-likeness (QED) is 0.492. The highest BCUT2D eigenvalue weighted by Gasteiger charge is 2.46. The van der Waals surface area contributed by atoms with Gasteiger partial charge in [-0.15, -0.1) is 0 Å². The third-order valence-electron chi connectivity index (χ3n) is 6.82. The summed E-state index contributed by atoms with van der Waals surface area (Å²) < 4.78 is 1.80. The van der Waals surface area contributed by atoms with Gasteiger partial charge in [-0.05, 0) is 49.6 Å². The highest BCUT2D eigenvalue weighted by Crippen LogP contribution is 2.37. The molecule has 33 heavy (non-hydrogen) atoms. The second-order valence-corrected chi connectivity index (χ2v) is 8.70. The molecule has 0 radical (unpaired) electrons. The molecule has 2 aromatic heterocycles. The van der Waals surface area contributed by atoms with Crippen molar-refractivity contribution in [2.45, 2.75) is 37.4 Å². The summed E-state index contributed by atoms with van der Waals surface area (Å²) in [6, 6.07) is 21.9. The number of benzene rings is 2. The molecule has 0 spiro atoms. The normalized spacial score (nSPS) is 21.3. The first-order chi connectivity index (χ1) is 16.2. The van der Waals surface area contributed by atoms with Crippen LogP contribution in [0, 0.1) is 11.5 Å². The van der Waals surface area contributed by atoms with Crippen molar-refractivity contribution in [2.24, 2.45) is 0 Å². The number of hydrogen-bond donors (Lipinski definition) is 1. The average molecular weight is 435 g/mol. The number of pyridine rings is 1. The predicted molar refractivity (Wildman–Crippen MR) is 124 cm³/mol. The molecule has 2 aliphatic heterocycles. The molecule has 2 aromatic carbocycles. The number of rotatable bonds is 4. The van der Waals surface area contributed by atoms with E-state index in [2.05, 4.69) is 16.6 Å². The Hall–Kier alpha value is -4.18. The number of nitrogens with one attached hydrogen (secondary N) is 1. The van der Waals surface area contributed by atoms with Gasteiger partial charge in [-0.1, -0.05) is 36.4 Å². The Balaban J connectivity index is 1.25. The van der Waals surface area contributed by atoms with Crippen molar-refractivity contribution in [3.63, 3.8) is 0 Å². The van der Waals surface area contributed by atoms with Crippen LogP contribution in [0.4, 0.5) is 0 Å². The Bertz CT molecular complexity index is 1390. The van der Waals surface area contributed by atoms with E-state index in [0.29, 0.717) is 5.56 Å². The molecule has 2 fully saturated rings. The Morgan fingerprint density at radius 2 is 1.94 bits per heavy atom. The molecule has 2 aliphatic rings. The molecule has 4 heterocycles. The first-order valence-electron chi connectivity index (χ1n) is 11.2. The van der Waals surface area contributed by atoms with E-state index >= 15 is 0 Å². The number of carbonyl (C=O) groups is 1. The van der Waals surface area contributed by atoms with Crippen LogP contribution >= 0.6 is 0 Å². The van der Waals surface area contributed by atoms with Crippen LogP contribution in [-0.2, 0) is 0 Å². The molecule has 2 saturated heterocycles. The first-order valence-corrected chi connectivity index (χ1v) is 11.2. The van der Waals surface area contributed by atoms with Crippen LogP contribution in [0.25, 0.3) is 28.0 Å². The van der Waals surface area contributed by atoms with Crippen LogP contribution in [-0.4, -0.2) is 43.7 Å². The second kappa shape index (κ2) is 7.75. The fourth-order valence-electron chi connectivity index (χ4n) is 5.22. The summed E-state index contributed by atoms with van der Waals surface area (Å²) in [6.45, 7) is 0. The van der Waals surface area contributed by atoms with Gasteiger partial charge in [0.15, 0.2) is 12.0 Å². The number of carbonyl (C=O) groups excluding carboxylic acids is 1. The number of hydrogen-bond acceptors (Lipinski definition) is 5. The van der Waals surface area contributed by atoms with Crippen LogP contribution in [0.15, 0.2) is 72.9 Å². The Morgan fingerprint density at radius 3 is 2.76 bits per heavy atom. The maximum Gasteiger partial charge on any atom is 0.251 e. The molecule has 4 aromatic rings. The number of fused-ring (bicyclic) bond motifs is 3. The predicted octanol–water partition coefficient (Wildman–Crippen LogP) is 3.90. The van der Waals surface area contributed by atoms with Gasteiger partial charge >= 0.3 is 0 Å². The molecule has 7 nitrogen and oxygen atoms in total. The van der Waals surface area contributed by atoms with Gasteiger partial charge in [-0.3, -0.25) is 4.79 Å². The van der Waals surface area contributed by atoms with Gasteiger partial charge in [-0.2, -0.15) is 10.4 Å². The highest BCUT2D eigenvalue weighted by atomic mass is 16.1. The third kappa shape index (κ3) is 3.31. The number of nitrogens with zero attached hydrogens (tertiary/aromatic N) is 5. The van der Waals surface area contributed by atoms with E-state index in [-0.39, 0.29) is 24.0 Å². The Morgan fingerprint density at radius 1 is 1.06 bits per heavy atom. The monoisotopic (exact) mass is 434 g/mol. The van der Waals surface area contributed by atoms with Crippen molar-refractivity contribution in [3.8, 4) is 23.3 Å². The summed E-state index contributed by atoms with van der Waals surface area (Å²) in [5.74, 6) is 0.617. The molecule has 2 bridgehead atoms. The minimum absolute atomic E-state index is 0.0271. The molecule has 1 amide bonds. The van der Waals surface area contributed by atoms with E-state index in [1.807, 2.05) is 71.6 Å². The van der Waals surface area contributed by atoms with Crippen molar-refractivity contribution in [2.75, 3.05) is 0 Å². The molecular weight excluding hydrogens is 412 g/mol. The van der Waals surface area contributed by atoms with E-state index in [9.17, 15) is 10.1 Å². The molecule has 0 unspecified atom stereocenters. The summed E-state index contributed by atoms with van der Waals surface area (Å²) >= 11 is 0. The first kappa shape index (κ1) is 19.5. The standard InChI is InChI=1S/C26H22N6O/c27-16-31-20-10-12-24(31)22(14-20)30-26(33)18-9-11-23-19(13-18)15-28-32(23)25-8-4-7-21(29-25)17-5-2-1-3-6-17/h1-9,11,13,15,20,22,24H,10,12,14H2,(H,30,33)/t20-,22+,24+/m0/s1. The van der Waals surface area contributed by atoms with E-state index in [1.165, 1.54) is 0 Å². The van der Waals surface area contributed by atoms with Crippen molar-refractivity contribution in [3.05, 3.63) is 78.5 Å². The summed E-state index contributed by atoms with van der Waals surface area (Å²) in [4.78, 5) is 19.6. The zero-order valence-corrected chi connectivity index (χ0v) is 17.9. The highest BCUT2D eigenvalue weighted by molar-refractivity contribution is 5.98. The van der Waals surface area contributed by atoms with Crippen LogP contribution in [0.3, 0.4) is 0 Å². The van der Waals surface area contributed by atoms with Gasteiger partial charge in [-0.25, -0.2) is 9.67 Å². The lowest BCUT2D eigenvalue weighted by Gasteiger charge is -2.21. The number of amides is 1. The zero-order valence-electron chi connectivity index (χ0n) is 17.9. The minimum atomic E-state index is -0.107. The van der Waals surface area contributed by atoms with Crippen molar-refractivity contribution in [1.29, 1.82) is 5.26 Å². The van der Waals surface area contributed by atoms with Crippen LogP contribution in [0.1, 0.15) is 29.6 Å². The van der Waals surface area contributed by atoms with E-state index in [0.717, 1.165) is 47.2 Å². The molecule has 6 rings (SSSR count). The SMILES string of the molecule is N#CN1[C@H]2CC[C@@H]1[C@H](NC(=O)c1ccc3c(cnn3-c3cccc(-c4ccccc4)n3)c1)C2. The van der Waals surface area contributed by atoms with Crippen molar-refractivity contribution in [1.82, 2.24) is 25.0 Å². The van der Waals surface area contributed by atoms with E-state index in [1.54, 1.807) is 10.9 Å². The summed E-state index contributed by atoms with van der Waals surface area (Å²) in [7, 11) is 0. The maximum absolute atomic E-state index is 12.9. The smallest absolute Gasteiger partial charge is 0.251 e. The number of aromatic nitrogens is 3. The van der Waals surface area contributed by atoms with Gasteiger partial charge in [0, 0.05) is 22.6 Å². The zero-order chi connectivity index (χ0) is 22.4. The Labute approximate surface area is 191 Å². The second-order valence-electron chi connectivity index (χ2n) is 8.70. The summed E-state index contributed by atoms with van der Waals surface area (Å²) in [5, 5.41) is 17.9. The fourth-order valence-corrected chi connectivity index (χ4v) is 5.22. The fraction of sp³-hybridized carbons (Fsp3) is 0.231. The van der Waals surface area contributed by atoms with Gasteiger partial charge in [0.25, 0.3) is 5.91 Å². The van der Waals surface area contributed by atoms with E-state index in [4.69, 9.17) is 4.98 Å². The lowest BCUT2D eigenvalue weighted by Crippen LogP contribution is -2.43. The summed E-state index contributed by atoms with van der Waals surface area (Å²) in [5.41, 5.74) is 3.41. The van der Waals surface area contributed by atoms with E-state index < -0.39 is 0 Å². The lowest BCUT2D eigenvalue weighted by molar-refractivity contribution is 0.0928. The van der Waals surface area contributed by atoms with Gasteiger partial charge in [0.05, 0.1) is 29.5 Å². The topological polar surface area (TPSA) is 86.8 Å². The van der Waals surface area contributed by atoms with Crippen molar-refractivity contribution < 1.29 is 4.79 Å². The molecule has 0 saturated carbocycles. The molecular formula is C26H22N6O. The molecule has 1 N–H and O–H groups in total. The maximum atomic E-state index is 12.9. The van der Waals surface area contributed by atoms with Crippen LogP contribution in [0.5, 0.6) is 0 Å². The van der Waals surface area contributed by atoms with Gasteiger partial charge in [0.1, 0.15) is 0 Å². The van der Waals surface area contributed by atoms with Crippen LogP contribution in [0.2, 0.25) is 0 Å².